The summed E-state index contributed by atoms with van der Waals surface area (Å²) in [6, 6.07) is 13.8. The topological polar surface area (TPSA) is 74.8 Å². The molecule has 0 radical (unpaired) electrons. The molecule has 3 aromatic rings. The van der Waals surface area contributed by atoms with Crippen LogP contribution in [0.2, 0.25) is 0 Å². The molecule has 2 N–H and O–H groups in total. The zero-order valence-corrected chi connectivity index (χ0v) is 15.7. The number of carboxylic acid groups (broad SMARTS) is 1. The van der Waals surface area contributed by atoms with Crippen LogP contribution in [0.1, 0.15) is 4.88 Å². The zero-order valence-electron chi connectivity index (χ0n) is 13.2. The van der Waals surface area contributed by atoms with Gasteiger partial charge in [-0.2, -0.15) is 0 Å². The van der Waals surface area contributed by atoms with E-state index in [0.717, 1.165) is 26.1 Å². The zero-order chi connectivity index (χ0) is 18.3. The lowest BCUT2D eigenvalue weighted by molar-refractivity contribution is -0.137. The van der Waals surface area contributed by atoms with E-state index in [1.165, 1.54) is 15.9 Å². The summed E-state index contributed by atoms with van der Waals surface area (Å²) in [5, 5.41) is 21.0. The number of rotatable bonds is 3. The van der Waals surface area contributed by atoms with E-state index in [0.29, 0.717) is 8.83 Å². The van der Waals surface area contributed by atoms with Crippen LogP contribution in [0, 0.1) is 3.95 Å². The fourth-order valence-corrected chi connectivity index (χ4v) is 4.89. The average molecular weight is 401 g/mol. The molecule has 2 heterocycles. The molecule has 0 unspecified atom stereocenters. The average Bonchev–Trinajstić information content (AvgIpc) is 2.87. The monoisotopic (exact) mass is 400 g/mol. The highest BCUT2D eigenvalue weighted by molar-refractivity contribution is 7.99. The summed E-state index contributed by atoms with van der Waals surface area (Å²) in [4.78, 5) is 18.2. The summed E-state index contributed by atoms with van der Waals surface area (Å²) in [5.41, 5.74) is 0.961. The fourth-order valence-electron chi connectivity index (χ4n) is 2.61. The predicted octanol–water partition coefficient (Wildman–Crippen LogP) is 3.31. The van der Waals surface area contributed by atoms with Gasteiger partial charge in [-0.15, -0.1) is 11.3 Å². The minimum Gasteiger partial charge on any atom is -0.493 e. The van der Waals surface area contributed by atoms with Crippen molar-refractivity contribution in [2.75, 3.05) is 0 Å². The van der Waals surface area contributed by atoms with Gasteiger partial charge in [0, 0.05) is 9.79 Å². The molecule has 0 saturated heterocycles. The number of hydrogen-bond donors (Lipinski definition) is 2. The van der Waals surface area contributed by atoms with Crippen molar-refractivity contribution in [3.05, 3.63) is 61.9 Å². The van der Waals surface area contributed by atoms with Gasteiger partial charge in [0.15, 0.2) is 3.95 Å². The van der Waals surface area contributed by atoms with Crippen LogP contribution in [0.25, 0.3) is 6.08 Å². The third kappa shape index (κ3) is 3.18. The number of carbonyl (C=O) groups is 1. The van der Waals surface area contributed by atoms with E-state index < -0.39 is 5.97 Å². The van der Waals surface area contributed by atoms with Crippen molar-refractivity contribution in [2.24, 2.45) is 4.99 Å². The largest absolute Gasteiger partial charge is 0.493 e. The fraction of sp³-hybridized carbons (Fsp3) is 0.0556. The van der Waals surface area contributed by atoms with Crippen molar-refractivity contribution in [1.82, 2.24) is 4.57 Å². The molecule has 0 bridgehead atoms. The number of aromatic hydroxyl groups is 1. The molecule has 4 rings (SSSR count). The number of aromatic nitrogens is 1. The van der Waals surface area contributed by atoms with Crippen LogP contribution in [-0.2, 0) is 11.3 Å². The van der Waals surface area contributed by atoms with Crippen molar-refractivity contribution in [3.63, 3.8) is 0 Å². The molecule has 0 fully saturated rings. The smallest absolute Gasteiger partial charge is 0.323 e. The Morgan fingerprint density at radius 2 is 2.04 bits per heavy atom. The van der Waals surface area contributed by atoms with Crippen molar-refractivity contribution >= 4 is 53.0 Å². The highest BCUT2D eigenvalue weighted by atomic mass is 32.2. The first-order valence-electron chi connectivity index (χ1n) is 7.63. The summed E-state index contributed by atoms with van der Waals surface area (Å²) in [5.74, 6) is -1.17. The second kappa shape index (κ2) is 6.71. The van der Waals surface area contributed by atoms with Gasteiger partial charge < -0.3 is 10.2 Å². The molecule has 0 amide bonds. The van der Waals surface area contributed by atoms with Crippen LogP contribution < -0.4 is 10.6 Å². The summed E-state index contributed by atoms with van der Waals surface area (Å²) >= 11 is 7.99. The van der Waals surface area contributed by atoms with E-state index in [9.17, 15) is 9.90 Å². The number of hydrogen-bond acceptors (Lipinski definition) is 6. The Balaban J connectivity index is 1.78. The number of aliphatic carboxylic acids is 1. The molecule has 8 heteroatoms. The Morgan fingerprint density at radius 3 is 2.85 bits per heavy atom. The number of thiazole rings is 1. The van der Waals surface area contributed by atoms with E-state index >= 15 is 0 Å². The first kappa shape index (κ1) is 17.0. The molecule has 0 saturated carbocycles. The first-order chi connectivity index (χ1) is 12.5. The Hall–Kier alpha value is -2.42. The van der Waals surface area contributed by atoms with Crippen molar-refractivity contribution in [2.45, 2.75) is 16.3 Å². The van der Waals surface area contributed by atoms with E-state index in [2.05, 4.69) is 4.99 Å². The molecule has 0 aliphatic carbocycles. The third-order valence-electron chi connectivity index (χ3n) is 3.79. The van der Waals surface area contributed by atoms with Crippen LogP contribution in [-0.4, -0.2) is 20.7 Å². The van der Waals surface area contributed by atoms with Crippen LogP contribution in [0.4, 0.5) is 5.69 Å². The number of fused-ring (bicyclic) bond motifs is 2. The molecule has 1 aromatic heterocycles. The molecular formula is C18H12N2O3S3. The molecule has 1 aliphatic rings. The first-order valence-corrected chi connectivity index (χ1v) is 9.67. The maximum absolute atomic E-state index is 10.9. The lowest BCUT2D eigenvalue weighted by atomic mass is 10.2. The highest BCUT2D eigenvalue weighted by Gasteiger charge is 2.13. The molecule has 0 spiro atoms. The molecule has 1 aliphatic heterocycles. The van der Waals surface area contributed by atoms with E-state index in [1.807, 2.05) is 42.5 Å². The summed E-state index contributed by atoms with van der Waals surface area (Å²) in [7, 11) is 0. The van der Waals surface area contributed by atoms with E-state index in [4.69, 9.17) is 17.3 Å². The van der Waals surface area contributed by atoms with Crippen molar-refractivity contribution in [3.8, 4) is 5.88 Å². The van der Waals surface area contributed by atoms with Gasteiger partial charge in [0.2, 0.25) is 5.88 Å². The van der Waals surface area contributed by atoms with Gasteiger partial charge in [-0.1, -0.05) is 30.0 Å². The summed E-state index contributed by atoms with van der Waals surface area (Å²) < 4.78 is 1.54. The second-order valence-electron chi connectivity index (χ2n) is 5.59. The lowest BCUT2D eigenvalue weighted by Gasteiger charge is -2.11. The molecule has 26 heavy (non-hydrogen) atoms. The maximum Gasteiger partial charge on any atom is 0.323 e. The SMILES string of the molecule is O=C(O)Cn1c(O)c(C=c2ccc3c(c2)Sc2ccccc2N=3)sc1=S. The molecular weight excluding hydrogens is 388 g/mol. The van der Waals surface area contributed by atoms with Gasteiger partial charge in [-0.3, -0.25) is 9.36 Å². The predicted molar refractivity (Wildman–Crippen MR) is 103 cm³/mol. The van der Waals surface area contributed by atoms with Crippen LogP contribution in [0.5, 0.6) is 5.88 Å². The Bertz CT molecular complexity index is 1210. The van der Waals surface area contributed by atoms with Crippen LogP contribution >= 0.6 is 35.3 Å². The molecule has 5 nitrogen and oxygen atoms in total. The van der Waals surface area contributed by atoms with E-state index in [1.54, 1.807) is 17.8 Å². The van der Waals surface area contributed by atoms with Crippen LogP contribution in [0.3, 0.4) is 0 Å². The lowest BCUT2D eigenvalue weighted by Crippen LogP contribution is -2.13. The Morgan fingerprint density at radius 1 is 1.23 bits per heavy atom. The standard InChI is InChI=1S/C18H12N2O3S3/c21-16(22)9-20-17(23)15(26-18(20)24)8-10-5-6-12-14(7-10)25-13-4-2-1-3-11(13)19-12/h1-8,23H,9H2,(H,21,22). The van der Waals surface area contributed by atoms with Gasteiger partial charge >= 0.3 is 5.97 Å². The maximum atomic E-state index is 10.9. The molecule has 2 aromatic carbocycles. The third-order valence-corrected chi connectivity index (χ3v) is 6.29. The number of para-hydroxylation sites is 1. The van der Waals surface area contributed by atoms with Crippen LogP contribution in [0.15, 0.2) is 57.2 Å². The molecule has 130 valence electrons. The minimum absolute atomic E-state index is 0.122. The summed E-state index contributed by atoms with van der Waals surface area (Å²) in [6.45, 7) is -0.356. The van der Waals surface area contributed by atoms with Crippen molar-refractivity contribution in [1.29, 1.82) is 0 Å². The van der Waals surface area contributed by atoms with Gasteiger partial charge in [-0.25, -0.2) is 4.99 Å². The quantitative estimate of drug-likeness (QED) is 0.516. The number of carboxylic acids is 1. The molecule has 0 atom stereocenters. The second-order valence-corrected chi connectivity index (χ2v) is 8.35. The van der Waals surface area contributed by atoms with Crippen molar-refractivity contribution < 1.29 is 15.0 Å². The summed E-state index contributed by atoms with van der Waals surface area (Å²) in [6.07, 6.45) is 1.80. The number of benzene rings is 2. The van der Waals surface area contributed by atoms with Gasteiger partial charge in [0.25, 0.3) is 0 Å². The normalized spacial score (nSPS) is 13.0. The minimum atomic E-state index is -1.05. The highest BCUT2D eigenvalue weighted by Crippen LogP contribution is 2.35. The van der Waals surface area contributed by atoms with Gasteiger partial charge in [0.05, 0.1) is 15.9 Å². The van der Waals surface area contributed by atoms with Gasteiger partial charge in [0.1, 0.15) is 6.54 Å². The Labute approximate surface area is 161 Å². The Kier molecular flexibility index (Phi) is 4.39. The number of nitrogens with zero attached hydrogens (tertiary/aromatic N) is 2. The van der Waals surface area contributed by atoms with E-state index in [-0.39, 0.29) is 12.4 Å². The van der Waals surface area contributed by atoms with Gasteiger partial charge in [-0.05, 0) is 47.8 Å².